The number of aliphatic hydroxyl groups excluding tert-OH is 1. The third-order valence-corrected chi connectivity index (χ3v) is 4.38. The SMILES string of the molecule is CCOc1cc(S(=O)(=O)NC(CC)CO)ccc1Cl. The normalized spacial score (nSPS) is 13.3. The van der Waals surface area contributed by atoms with E-state index < -0.39 is 16.1 Å². The van der Waals surface area contributed by atoms with Crippen LogP contribution in [0.4, 0.5) is 0 Å². The van der Waals surface area contributed by atoms with Crippen LogP contribution in [0.1, 0.15) is 20.3 Å². The van der Waals surface area contributed by atoms with Crippen LogP contribution in [0.2, 0.25) is 5.02 Å². The number of ether oxygens (including phenoxy) is 1. The van der Waals surface area contributed by atoms with E-state index >= 15 is 0 Å². The minimum absolute atomic E-state index is 0.0623. The molecule has 0 heterocycles. The van der Waals surface area contributed by atoms with Crippen molar-refractivity contribution in [3.05, 3.63) is 23.2 Å². The molecule has 108 valence electrons. The van der Waals surface area contributed by atoms with Gasteiger partial charge in [0.25, 0.3) is 0 Å². The van der Waals surface area contributed by atoms with Gasteiger partial charge in [0.2, 0.25) is 10.0 Å². The number of sulfonamides is 1. The van der Waals surface area contributed by atoms with Crippen molar-refractivity contribution in [1.29, 1.82) is 0 Å². The molecule has 0 amide bonds. The highest BCUT2D eigenvalue weighted by molar-refractivity contribution is 7.89. The Balaban J connectivity index is 3.04. The Morgan fingerprint density at radius 2 is 2.11 bits per heavy atom. The molecule has 19 heavy (non-hydrogen) atoms. The summed E-state index contributed by atoms with van der Waals surface area (Å²) < 4.78 is 31.9. The molecule has 1 atom stereocenters. The average molecular weight is 308 g/mol. The first-order valence-electron chi connectivity index (χ1n) is 6.00. The maximum atomic E-state index is 12.1. The Labute approximate surface area is 118 Å². The summed E-state index contributed by atoms with van der Waals surface area (Å²) in [5.41, 5.74) is 0. The highest BCUT2D eigenvalue weighted by atomic mass is 35.5. The van der Waals surface area contributed by atoms with Gasteiger partial charge in [-0.1, -0.05) is 18.5 Å². The predicted molar refractivity (Wildman–Crippen MR) is 74.1 cm³/mol. The van der Waals surface area contributed by atoms with Crippen LogP contribution >= 0.6 is 11.6 Å². The maximum Gasteiger partial charge on any atom is 0.241 e. The van der Waals surface area contributed by atoms with Gasteiger partial charge in [-0.2, -0.15) is 0 Å². The highest BCUT2D eigenvalue weighted by Gasteiger charge is 2.19. The molecule has 0 fully saturated rings. The van der Waals surface area contributed by atoms with E-state index in [9.17, 15) is 8.42 Å². The summed E-state index contributed by atoms with van der Waals surface area (Å²) in [5, 5.41) is 9.40. The lowest BCUT2D eigenvalue weighted by molar-refractivity contribution is 0.254. The molecule has 0 aromatic heterocycles. The van der Waals surface area contributed by atoms with E-state index in [1.165, 1.54) is 18.2 Å². The van der Waals surface area contributed by atoms with Crippen LogP contribution in [0.25, 0.3) is 0 Å². The molecule has 0 aliphatic carbocycles. The van der Waals surface area contributed by atoms with E-state index in [0.29, 0.717) is 23.8 Å². The summed E-state index contributed by atoms with van der Waals surface area (Å²) in [7, 11) is -3.69. The quantitative estimate of drug-likeness (QED) is 0.805. The fourth-order valence-electron chi connectivity index (χ4n) is 1.45. The second kappa shape index (κ2) is 7.09. The van der Waals surface area contributed by atoms with Gasteiger partial charge in [0.1, 0.15) is 5.75 Å². The van der Waals surface area contributed by atoms with Crippen LogP contribution in [0, 0.1) is 0 Å². The molecule has 2 N–H and O–H groups in total. The van der Waals surface area contributed by atoms with E-state index in [1.807, 2.05) is 0 Å². The van der Waals surface area contributed by atoms with E-state index in [1.54, 1.807) is 13.8 Å². The van der Waals surface area contributed by atoms with Crippen LogP contribution in [0.15, 0.2) is 23.1 Å². The summed E-state index contributed by atoms with van der Waals surface area (Å²) in [6.07, 6.45) is 0.502. The monoisotopic (exact) mass is 307 g/mol. The van der Waals surface area contributed by atoms with Gasteiger partial charge in [-0.15, -0.1) is 0 Å². The fourth-order valence-corrected chi connectivity index (χ4v) is 2.95. The van der Waals surface area contributed by atoms with Crippen molar-refractivity contribution in [2.45, 2.75) is 31.2 Å². The third-order valence-electron chi connectivity index (χ3n) is 2.55. The number of halogens is 1. The lowest BCUT2D eigenvalue weighted by atomic mass is 10.3. The molecule has 0 aliphatic rings. The van der Waals surface area contributed by atoms with Crippen LogP contribution in [-0.4, -0.2) is 32.8 Å². The molecule has 1 rings (SSSR count). The van der Waals surface area contributed by atoms with Gasteiger partial charge >= 0.3 is 0 Å². The highest BCUT2D eigenvalue weighted by Crippen LogP contribution is 2.27. The zero-order valence-electron chi connectivity index (χ0n) is 10.9. The molecule has 1 aromatic rings. The number of hydrogen-bond donors (Lipinski definition) is 2. The molecule has 0 saturated heterocycles. The Bertz CT molecular complexity index is 514. The van der Waals surface area contributed by atoms with E-state index in [2.05, 4.69) is 4.72 Å². The predicted octanol–water partition coefficient (Wildman–Crippen LogP) is 1.79. The summed E-state index contributed by atoms with van der Waals surface area (Å²) >= 11 is 5.91. The number of aliphatic hydroxyl groups is 1. The lowest BCUT2D eigenvalue weighted by Crippen LogP contribution is -2.36. The Kier molecular flexibility index (Phi) is 6.06. The van der Waals surface area contributed by atoms with Gasteiger partial charge in [0, 0.05) is 12.1 Å². The van der Waals surface area contributed by atoms with Gasteiger partial charge < -0.3 is 9.84 Å². The van der Waals surface area contributed by atoms with Crippen LogP contribution in [-0.2, 0) is 10.0 Å². The molecule has 0 spiro atoms. The minimum Gasteiger partial charge on any atom is -0.492 e. The van der Waals surface area contributed by atoms with Gasteiger partial charge in [0.05, 0.1) is 23.1 Å². The van der Waals surface area contributed by atoms with E-state index in [4.69, 9.17) is 21.4 Å². The zero-order chi connectivity index (χ0) is 14.5. The third kappa shape index (κ3) is 4.35. The average Bonchev–Trinajstić information content (AvgIpc) is 2.38. The first-order valence-corrected chi connectivity index (χ1v) is 7.86. The molecule has 7 heteroatoms. The van der Waals surface area contributed by atoms with Crippen molar-refractivity contribution in [3.8, 4) is 5.75 Å². The first-order chi connectivity index (χ1) is 8.94. The Hall–Kier alpha value is -0.820. The summed E-state index contributed by atoms with van der Waals surface area (Å²) in [4.78, 5) is 0.0623. The summed E-state index contributed by atoms with van der Waals surface area (Å²) in [6.45, 7) is 3.72. The first kappa shape index (κ1) is 16.2. The minimum atomic E-state index is -3.69. The molecular weight excluding hydrogens is 290 g/mol. The number of rotatable bonds is 7. The van der Waals surface area contributed by atoms with Gasteiger partial charge in [-0.3, -0.25) is 0 Å². The lowest BCUT2D eigenvalue weighted by Gasteiger charge is -2.15. The van der Waals surface area contributed by atoms with Crippen molar-refractivity contribution >= 4 is 21.6 Å². The fraction of sp³-hybridized carbons (Fsp3) is 0.500. The van der Waals surface area contributed by atoms with Crippen LogP contribution < -0.4 is 9.46 Å². The van der Waals surface area contributed by atoms with Crippen molar-refractivity contribution in [2.24, 2.45) is 0 Å². The molecule has 0 bridgehead atoms. The van der Waals surface area contributed by atoms with E-state index in [-0.39, 0.29) is 11.5 Å². The number of hydrogen-bond acceptors (Lipinski definition) is 4. The second-order valence-electron chi connectivity index (χ2n) is 3.93. The summed E-state index contributed by atoms with van der Waals surface area (Å²) in [5.74, 6) is 0.323. The topological polar surface area (TPSA) is 75.6 Å². The van der Waals surface area contributed by atoms with Gasteiger partial charge in [-0.05, 0) is 25.5 Å². The Morgan fingerprint density at radius 1 is 1.42 bits per heavy atom. The second-order valence-corrected chi connectivity index (χ2v) is 6.06. The Morgan fingerprint density at radius 3 is 2.63 bits per heavy atom. The molecule has 1 aromatic carbocycles. The van der Waals surface area contributed by atoms with Crippen molar-refractivity contribution in [3.63, 3.8) is 0 Å². The smallest absolute Gasteiger partial charge is 0.241 e. The van der Waals surface area contributed by atoms with Crippen molar-refractivity contribution in [2.75, 3.05) is 13.2 Å². The molecule has 0 aliphatic heterocycles. The van der Waals surface area contributed by atoms with Crippen molar-refractivity contribution < 1.29 is 18.3 Å². The molecule has 0 saturated carbocycles. The molecule has 0 radical (unpaired) electrons. The zero-order valence-corrected chi connectivity index (χ0v) is 12.5. The molecule has 5 nitrogen and oxygen atoms in total. The van der Waals surface area contributed by atoms with Crippen LogP contribution in [0.3, 0.4) is 0 Å². The van der Waals surface area contributed by atoms with E-state index in [0.717, 1.165) is 0 Å². The molecular formula is C12H18ClNO4S. The maximum absolute atomic E-state index is 12.1. The largest absolute Gasteiger partial charge is 0.492 e. The number of nitrogens with one attached hydrogen (secondary N) is 1. The van der Waals surface area contributed by atoms with Crippen molar-refractivity contribution in [1.82, 2.24) is 4.72 Å². The standard InChI is InChI=1S/C12H18ClNO4S/c1-3-9(8-15)14-19(16,17)10-5-6-11(13)12(7-10)18-4-2/h5-7,9,14-15H,3-4,8H2,1-2H3. The van der Waals surface area contributed by atoms with Crippen LogP contribution in [0.5, 0.6) is 5.75 Å². The number of benzene rings is 1. The molecule has 1 unspecified atom stereocenters. The van der Waals surface area contributed by atoms with Gasteiger partial charge in [0.15, 0.2) is 0 Å². The summed E-state index contributed by atoms with van der Waals surface area (Å²) in [6, 6.07) is 3.74. The van der Waals surface area contributed by atoms with Gasteiger partial charge in [-0.25, -0.2) is 13.1 Å².